The average molecular weight is 440 g/mol. The zero-order valence-corrected chi connectivity index (χ0v) is 18.3. The van der Waals surface area contributed by atoms with Crippen LogP contribution >= 0.6 is 11.6 Å². The summed E-state index contributed by atoms with van der Waals surface area (Å²) in [5, 5.41) is 9.95. The fraction of sp³-hybridized carbons (Fsp3) is 0.375. The summed E-state index contributed by atoms with van der Waals surface area (Å²) in [4.78, 5) is 29.1. The van der Waals surface area contributed by atoms with Gasteiger partial charge in [-0.15, -0.1) is 0 Å². The summed E-state index contributed by atoms with van der Waals surface area (Å²) in [6.45, 7) is 2.91. The van der Waals surface area contributed by atoms with Gasteiger partial charge in [0.2, 0.25) is 5.78 Å². The van der Waals surface area contributed by atoms with Crippen molar-refractivity contribution in [2.45, 2.75) is 52.0 Å². The lowest BCUT2D eigenvalue weighted by Gasteiger charge is -2.22. The molecule has 1 unspecified atom stereocenters. The molecular formula is C24H26ClN3O3. The molecule has 4 rings (SSSR count). The molecule has 0 fully saturated rings. The van der Waals surface area contributed by atoms with E-state index in [0.717, 1.165) is 48.3 Å². The quantitative estimate of drug-likeness (QED) is 0.508. The van der Waals surface area contributed by atoms with Gasteiger partial charge in [-0.3, -0.25) is 14.0 Å². The Morgan fingerprint density at radius 3 is 2.68 bits per heavy atom. The number of hydrogen-bond donors (Lipinski definition) is 1. The Kier molecular flexibility index (Phi) is 6.28. The smallest absolute Gasteiger partial charge is 0.306 e. The number of benzene rings is 1. The van der Waals surface area contributed by atoms with Crippen molar-refractivity contribution >= 4 is 28.9 Å². The van der Waals surface area contributed by atoms with Crippen LogP contribution in [0.3, 0.4) is 0 Å². The maximum atomic E-state index is 13.0. The molecule has 1 N–H and O–H groups in total. The van der Waals surface area contributed by atoms with Gasteiger partial charge in [0, 0.05) is 29.4 Å². The molecule has 1 atom stereocenters. The van der Waals surface area contributed by atoms with Gasteiger partial charge in [-0.2, -0.15) is 0 Å². The van der Waals surface area contributed by atoms with Gasteiger partial charge < -0.3 is 9.67 Å². The van der Waals surface area contributed by atoms with Gasteiger partial charge in [0.15, 0.2) is 0 Å². The normalized spacial score (nSPS) is 16.5. The molecule has 2 aromatic heterocycles. The maximum Gasteiger partial charge on any atom is 0.306 e. The summed E-state index contributed by atoms with van der Waals surface area (Å²) in [5.74, 6) is -0.493. The second kappa shape index (κ2) is 9.10. The van der Waals surface area contributed by atoms with Crippen LogP contribution in [0.15, 0.2) is 47.4 Å². The maximum absolute atomic E-state index is 13.0. The van der Waals surface area contributed by atoms with E-state index in [4.69, 9.17) is 16.6 Å². The van der Waals surface area contributed by atoms with Crippen molar-refractivity contribution in [1.29, 1.82) is 0 Å². The van der Waals surface area contributed by atoms with E-state index >= 15 is 0 Å². The zero-order chi connectivity index (χ0) is 22.0. The van der Waals surface area contributed by atoms with E-state index in [1.807, 2.05) is 30.3 Å². The van der Waals surface area contributed by atoms with Crippen LogP contribution in [0, 0.1) is 5.92 Å². The fourth-order valence-electron chi connectivity index (χ4n) is 4.15. The van der Waals surface area contributed by atoms with E-state index < -0.39 is 5.97 Å². The lowest BCUT2D eigenvalue weighted by atomic mass is 9.88. The van der Waals surface area contributed by atoms with Crippen LogP contribution in [-0.4, -0.2) is 25.0 Å². The summed E-state index contributed by atoms with van der Waals surface area (Å²) < 4.78 is 3.71. The molecule has 0 saturated heterocycles. The molecule has 2 heterocycles. The van der Waals surface area contributed by atoms with Crippen LogP contribution in [0.4, 0.5) is 0 Å². The number of halogens is 1. The van der Waals surface area contributed by atoms with Gasteiger partial charge in [-0.05, 0) is 43.4 Å². The first-order chi connectivity index (χ1) is 15.0. The summed E-state index contributed by atoms with van der Waals surface area (Å²) in [6, 6.07) is 9.08. The van der Waals surface area contributed by atoms with Crippen molar-refractivity contribution in [3.05, 3.63) is 63.7 Å². The van der Waals surface area contributed by atoms with Crippen molar-refractivity contribution in [1.82, 2.24) is 14.0 Å². The molecule has 1 aliphatic carbocycles. The van der Waals surface area contributed by atoms with E-state index in [0.29, 0.717) is 30.1 Å². The molecule has 0 amide bonds. The van der Waals surface area contributed by atoms with Crippen molar-refractivity contribution in [2.75, 3.05) is 0 Å². The number of fused-ring (bicyclic) bond motifs is 1. The van der Waals surface area contributed by atoms with Crippen LogP contribution in [0.5, 0.6) is 0 Å². The first-order valence-corrected chi connectivity index (χ1v) is 11.2. The highest BCUT2D eigenvalue weighted by molar-refractivity contribution is 6.30. The number of allylic oxidation sites excluding steroid dienone is 2. The first kappa shape index (κ1) is 21.4. The topological polar surface area (TPSA) is 76.6 Å². The number of aliphatic carboxylic acids is 1. The number of carboxylic acids is 1. The fourth-order valence-corrected chi connectivity index (χ4v) is 4.28. The number of carbonyl (C=O) groups is 1. The third-order valence-electron chi connectivity index (χ3n) is 5.93. The minimum absolute atomic E-state index is 0.134. The monoisotopic (exact) mass is 439 g/mol. The van der Waals surface area contributed by atoms with Gasteiger partial charge in [-0.25, -0.2) is 4.98 Å². The van der Waals surface area contributed by atoms with Crippen molar-refractivity contribution in [3.8, 4) is 11.3 Å². The molecule has 7 heteroatoms. The van der Waals surface area contributed by atoms with E-state index in [-0.39, 0.29) is 11.5 Å². The summed E-state index contributed by atoms with van der Waals surface area (Å²) in [7, 11) is 0. The summed E-state index contributed by atoms with van der Waals surface area (Å²) in [6.07, 6.45) is 8.64. The Balaban J connectivity index is 1.82. The Morgan fingerprint density at radius 1 is 1.26 bits per heavy atom. The predicted molar refractivity (Wildman–Crippen MR) is 122 cm³/mol. The molecule has 0 bridgehead atoms. The van der Waals surface area contributed by atoms with Gasteiger partial charge >= 0.3 is 5.97 Å². The first-order valence-electron chi connectivity index (χ1n) is 10.8. The lowest BCUT2D eigenvalue weighted by Crippen LogP contribution is -2.22. The van der Waals surface area contributed by atoms with Gasteiger partial charge in [-0.1, -0.05) is 49.6 Å². The van der Waals surface area contributed by atoms with Crippen molar-refractivity contribution in [3.63, 3.8) is 0 Å². The zero-order valence-electron chi connectivity index (χ0n) is 17.6. The van der Waals surface area contributed by atoms with Crippen LogP contribution in [0.25, 0.3) is 22.6 Å². The number of nitrogens with zero attached hydrogens (tertiary/aromatic N) is 3. The number of hydrogen-bond acceptors (Lipinski definition) is 3. The minimum Gasteiger partial charge on any atom is -0.481 e. The Labute approximate surface area is 185 Å². The highest BCUT2D eigenvalue weighted by Gasteiger charge is 2.23. The molecule has 162 valence electrons. The number of imidazole rings is 1. The second-order valence-corrected chi connectivity index (χ2v) is 8.50. The minimum atomic E-state index is -0.757. The standard InChI is InChI=1S/C24H26ClN3O3/c1-2-3-4-13-27-21(17-5-7-18(8-6-17)23(30)31)14-22(29)28-15-20(26-24(27)28)16-9-11-19(25)12-10-16/h5,9-12,14-15,18H,2-4,6-8,13H2,1H3,(H,30,31). The van der Waals surface area contributed by atoms with Crippen LogP contribution in [0.2, 0.25) is 5.02 Å². The molecule has 31 heavy (non-hydrogen) atoms. The molecule has 0 aliphatic heterocycles. The van der Waals surface area contributed by atoms with Gasteiger partial charge in [0.1, 0.15) is 0 Å². The summed E-state index contributed by atoms with van der Waals surface area (Å²) >= 11 is 6.01. The highest BCUT2D eigenvalue weighted by Crippen LogP contribution is 2.31. The SMILES string of the molecule is CCCCCn1c(C2=CCC(C(=O)O)CC2)cc(=O)n2cc(-c3ccc(Cl)cc3)nc12. The molecule has 0 radical (unpaired) electrons. The predicted octanol–water partition coefficient (Wildman–Crippen LogP) is 5.27. The summed E-state index contributed by atoms with van der Waals surface area (Å²) in [5.41, 5.74) is 3.37. The average Bonchev–Trinajstić information content (AvgIpc) is 3.22. The van der Waals surface area contributed by atoms with Gasteiger partial charge in [0.05, 0.1) is 17.3 Å². The molecule has 1 aliphatic rings. The van der Waals surface area contributed by atoms with E-state index in [2.05, 4.69) is 11.5 Å². The lowest BCUT2D eigenvalue weighted by molar-refractivity contribution is -0.141. The van der Waals surface area contributed by atoms with E-state index in [9.17, 15) is 14.7 Å². The number of aromatic nitrogens is 3. The molecule has 0 saturated carbocycles. The number of aryl methyl sites for hydroxylation is 1. The van der Waals surface area contributed by atoms with Gasteiger partial charge in [0.25, 0.3) is 5.56 Å². The van der Waals surface area contributed by atoms with Crippen molar-refractivity contribution < 1.29 is 9.90 Å². The van der Waals surface area contributed by atoms with Crippen LogP contribution < -0.4 is 5.56 Å². The van der Waals surface area contributed by atoms with Crippen LogP contribution in [-0.2, 0) is 11.3 Å². The highest BCUT2D eigenvalue weighted by atomic mass is 35.5. The Bertz CT molecular complexity index is 1190. The third-order valence-corrected chi connectivity index (χ3v) is 6.18. The molecule has 6 nitrogen and oxygen atoms in total. The molecule has 1 aromatic carbocycles. The third kappa shape index (κ3) is 4.44. The Hall–Kier alpha value is -2.86. The van der Waals surface area contributed by atoms with E-state index in [1.54, 1.807) is 16.7 Å². The molecule has 3 aromatic rings. The number of unbranched alkanes of at least 4 members (excludes halogenated alkanes) is 2. The molecule has 0 spiro atoms. The largest absolute Gasteiger partial charge is 0.481 e. The Morgan fingerprint density at radius 2 is 2.03 bits per heavy atom. The number of carboxylic acid groups (broad SMARTS) is 1. The number of rotatable bonds is 7. The van der Waals surface area contributed by atoms with Crippen LogP contribution in [0.1, 0.15) is 51.1 Å². The second-order valence-electron chi connectivity index (χ2n) is 8.07. The van der Waals surface area contributed by atoms with E-state index in [1.165, 1.54) is 0 Å². The van der Waals surface area contributed by atoms with Crippen molar-refractivity contribution in [2.24, 2.45) is 5.92 Å². The molecular weight excluding hydrogens is 414 g/mol.